The number of halogens is 4. The van der Waals surface area contributed by atoms with Crippen LogP contribution in [-0.2, 0) is 19.3 Å². The topological polar surface area (TPSA) is 64.4 Å². The summed E-state index contributed by atoms with van der Waals surface area (Å²) in [5.74, 6) is -0.205. The SMILES string of the molecule is O=C(NCc1ccco1)c1csc(-c2ccc(OCc3ccc(C(F)(F)F)cc3)cc2F)n1. The lowest BCUT2D eigenvalue weighted by molar-refractivity contribution is -0.137. The van der Waals surface area contributed by atoms with E-state index in [-0.39, 0.29) is 30.2 Å². The number of nitrogens with zero attached hydrogens (tertiary/aromatic N) is 1. The van der Waals surface area contributed by atoms with Crippen molar-refractivity contribution >= 4 is 17.2 Å². The average molecular weight is 476 g/mol. The minimum absolute atomic E-state index is 0.0197. The molecule has 2 aromatic heterocycles. The summed E-state index contributed by atoms with van der Waals surface area (Å²) < 4.78 is 63.2. The number of carbonyl (C=O) groups excluding carboxylic acids is 1. The number of hydrogen-bond acceptors (Lipinski definition) is 5. The molecule has 0 aliphatic heterocycles. The van der Waals surface area contributed by atoms with Crippen LogP contribution in [0.2, 0.25) is 0 Å². The number of ether oxygens (including phenoxy) is 1. The summed E-state index contributed by atoms with van der Waals surface area (Å²) in [5.41, 5.74) is 0.118. The lowest BCUT2D eigenvalue weighted by Crippen LogP contribution is -2.22. The smallest absolute Gasteiger partial charge is 0.416 e. The Morgan fingerprint density at radius 3 is 2.58 bits per heavy atom. The monoisotopic (exact) mass is 476 g/mol. The molecule has 0 radical (unpaired) electrons. The van der Waals surface area contributed by atoms with Gasteiger partial charge in [-0.1, -0.05) is 12.1 Å². The van der Waals surface area contributed by atoms with Gasteiger partial charge in [-0.15, -0.1) is 11.3 Å². The van der Waals surface area contributed by atoms with Gasteiger partial charge in [-0.2, -0.15) is 13.2 Å². The fraction of sp³-hybridized carbons (Fsp3) is 0.130. The largest absolute Gasteiger partial charge is 0.489 e. The van der Waals surface area contributed by atoms with E-state index in [0.717, 1.165) is 29.5 Å². The number of aromatic nitrogens is 1. The molecule has 1 N–H and O–H groups in total. The van der Waals surface area contributed by atoms with E-state index >= 15 is 0 Å². The first-order chi connectivity index (χ1) is 15.8. The Bertz CT molecular complexity index is 1240. The van der Waals surface area contributed by atoms with Gasteiger partial charge in [0.25, 0.3) is 5.91 Å². The molecule has 0 aliphatic rings. The number of furan rings is 1. The second-order valence-corrected chi connectivity index (χ2v) is 7.78. The van der Waals surface area contributed by atoms with Crippen LogP contribution >= 0.6 is 11.3 Å². The predicted octanol–water partition coefficient (Wildman–Crippen LogP) is 6.07. The van der Waals surface area contributed by atoms with Crippen LogP contribution in [-0.4, -0.2) is 10.9 Å². The number of thiazole rings is 1. The first-order valence-electron chi connectivity index (χ1n) is 9.64. The summed E-state index contributed by atoms with van der Waals surface area (Å²) in [4.78, 5) is 16.4. The van der Waals surface area contributed by atoms with Gasteiger partial charge in [-0.05, 0) is 42.0 Å². The van der Waals surface area contributed by atoms with Crippen molar-refractivity contribution < 1.29 is 31.5 Å². The molecule has 10 heteroatoms. The highest BCUT2D eigenvalue weighted by atomic mass is 32.1. The van der Waals surface area contributed by atoms with E-state index < -0.39 is 23.5 Å². The Hall–Kier alpha value is -3.66. The summed E-state index contributed by atoms with van der Waals surface area (Å²) in [6.45, 7) is 0.187. The molecule has 0 saturated carbocycles. The number of hydrogen-bond donors (Lipinski definition) is 1. The molecule has 0 aliphatic carbocycles. The molecule has 170 valence electrons. The van der Waals surface area contributed by atoms with Crippen LogP contribution in [0.1, 0.15) is 27.4 Å². The maximum Gasteiger partial charge on any atom is 0.416 e. The first-order valence-corrected chi connectivity index (χ1v) is 10.5. The highest BCUT2D eigenvalue weighted by Crippen LogP contribution is 2.31. The zero-order valence-electron chi connectivity index (χ0n) is 16.9. The zero-order chi connectivity index (χ0) is 23.4. The van der Waals surface area contributed by atoms with Crippen LogP contribution < -0.4 is 10.1 Å². The third-order valence-electron chi connectivity index (χ3n) is 4.60. The molecule has 2 aromatic carbocycles. The van der Waals surface area contributed by atoms with Crippen LogP contribution in [0.25, 0.3) is 10.6 Å². The van der Waals surface area contributed by atoms with Crippen molar-refractivity contribution in [2.24, 2.45) is 0 Å². The summed E-state index contributed by atoms with van der Waals surface area (Å²) in [6, 6.07) is 12.1. The lowest BCUT2D eigenvalue weighted by atomic mass is 10.1. The molecular weight excluding hydrogens is 460 g/mol. The Morgan fingerprint density at radius 1 is 1.12 bits per heavy atom. The summed E-state index contributed by atoms with van der Waals surface area (Å²) in [7, 11) is 0. The molecule has 4 rings (SSSR count). The highest BCUT2D eigenvalue weighted by Gasteiger charge is 2.29. The van der Waals surface area contributed by atoms with Gasteiger partial charge >= 0.3 is 6.18 Å². The zero-order valence-corrected chi connectivity index (χ0v) is 17.7. The van der Waals surface area contributed by atoms with Gasteiger partial charge in [-0.3, -0.25) is 4.79 Å². The molecule has 1 amide bonds. The van der Waals surface area contributed by atoms with E-state index in [1.165, 1.54) is 35.9 Å². The fourth-order valence-electron chi connectivity index (χ4n) is 2.89. The predicted molar refractivity (Wildman–Crippen MR) is 113 cm³/mol. The van der Waals surface area contributed by atoms with Crippen molar-refractivity contribution in [3.05, 3.63) is 94.6 Å². The van der Waals surface area contributed by atoms with E-state index in [0.29, 0.717) is 16.3 Å². The van der Waals surface area contributed by atoms with Crippen molar-refractivity contribution in [3.8, 4) is 16.3 Å². The molecule has 0 unspecified atom stereocenters. The lowest BCUT2D eigenvalue weighted by Gasteiger charge is -2.10. The van der Waals surface area contributed by atoms with Crippen molar-refractivity contribution in [1.82, 2.24) is 10.3 Å². The van der Waals surface area contributed by atoms with Crippen LogP contribution in [0.15, 0.2) is 70.7 Å². The first kappa shape index (κ1) is 22.5. The summed E-state index contributed by atoms with van der Waals surface area (Å²) >= 11 is 1.12. The number of rotatable bonds is 7. The minimum atomic E-state index is -4.41. The second-order valence-electron chi connectivity index (χ2n) is 6.92. The maximum atomic E-state index is 14.6. The van der Waals surface area contributed by atoms with Crippen LogP contribution in [0.4, 0.5) is 17.6 Å². The molecule has 0 fully saturated rings. The Kier molecular flexibility index (Phi) is 6.45. The number of carbonyl (C=O) groups is 1. The van der Waals surface area contributed by atoms with Crippen LogP contribution in [0, 0.1) is 5.82 Å². The molecule has 5 nitrogen and oxygen atoms in total. The third-order valence-corrected chi connectivity index (χ3v) is 5.47. The number of nitrogens with one attached hydrogen (secondary N) is 1. The highest BCUT2D eigenvalue weighted by molar-refractivity contribution is 7.13. The molecule has 0 bridgehead atoms. The van der Waals surface area contributed by atoms with Gasteiger partial charge in [0.2, 0.25) is 0 Å². The van der Waals surface area contributed by atoms with E-state index in [9.17, 15) is 22.4 Å². The fourth-order valence-corrected chi connectivity index (χ4v) is 3.72. The summed E-state index contributed by atoms with van der Waals surface area (Å²) in [6.07, 6.45) is -2.91. The van der Waals surface area contributed by atoms with Gasteiger partial charge in [0.15, 0.2) is 0 Å². The van der Waals surface area contributed by atoms with E-state index in [1.54, 1.807) is 12.1 Å². The van der Waals surface area contributed by atoms with Gasteiger partial charge in [0, 0.05) is 17.0 Å². The van der Waals surface area contributed by atoms with E-state index in [1.807, 2.05) is 0 Å². The molecule has 0 spiro atoms. The average Bonchev–Trinajstić information content (AvgIpc) is 3.48. The molecular formula is C23H16F4N2O3S. The molecule has 0 atom stereocenters. The second kappa shape index (κ2) is 9.45. The van der Waals surface area contributed by atoms with Crippen molar-refractivity contribution in [3.63, 3.8) is 0 Å². The van der Waals surface area contributed by atoms with Crippen molar-refractivity contribution in [2.45, 2.75) is 19.3 Å². The van der Waals surface area contributed by atoms with Crippen LogP contribution in [0.5, 0.6) is 5.75 Å². The normalized spacial score (nSPS) is 11.4. The third kappa shape index (κ3) is 5.58. The molecule has 4 aromatic rings. The van der Waals surface area contributed by atoms with Gasteiger partial charge in [0.05, 0.1) is 18.4 Å². The van der Waals surface area contributed by atoms with E-state index in [4.69, 9.17) is 9.15 Å². The maximum absolute atomic E-state index is 14.6. The summed E-state index contributed by atoms with van der Waals surface area (Å²) in [5, 5.41) is 4.52. The van der Waals surface area contributed by atoms with Crippen LogP contribution in [0.3, 0.4) is 0 Å². The number of benzene rings is 2. The quantitative estimate of drug-likeness (QED) is 0.329. The molecule has 33 heavy (non-hydrogen) atoms. The standard InChI is InChI=1S/C23H16F4N2O3S/c24-19-10-16(32-12-14-3-5-15(6-4-14)23(25,26)27)7-8-18(19)22-29-20(13-33-22)21(30)28-11-17-2-1-9-31-17/h1-10,13H,11-12H2,(H,28,30). The molecule has 2 heterocycles. The number of amides is 1. The van der Waals surface area contributed by atoms with E-state index in [2.05, 4.69) is 10.3 Å². The minimum Gasteiger partial charge on any atom is -0.489 e. The van der Waals surface area contributed by atoms with Gasteiger partial charge in [-0.25, -0.2) is 9.37 Å². The Balaban J connectivity index is 1.38. The van der Waals surface area contributed by atoms with Gasteiger partial charge in [0.1, 0.15) is 34.6 Å². The number of alkyl halides is 3. The van der Waals surface area contributed by atoms with Crippen molar-refractivity contribution in [2.75, 3.05) is 0 Å². The Morgan fingerprint density at radius 2 is 1.91 bits per heavy atom. The molecule has 0 saturated heterocycles. The van der Waals surface area contributed by atoms with Crippen molar-refractivity contribution in [1.29, 1.82) is 0 Å². The Labute approximate surface area is 189 Å². The van der Waals surface area contributed by atoms with Gasteiger partial charge < -0.3 is 14.5 Å².